The summed E-state index contributed by atoms with van der Waals surface area (Å²) in [7, 11) is 4.53. The van der Waals surface area contributed by atoms with Gasteiger partial charge in [0, 0.05) is 11.6 Å². The van der Waals surface area contributed by atoms with Crippen molar-refractivity contribution in [2.45, 2.75) is 70.4 Å². The summed E-state index contributed by atoms with van der Waals surface area (Å²) in [5, 5.41) is 3.79. The molecule has 1 aliphatic rings. The first-order chi connectivity index (χ1) is 7.67. The van der Waals surface area contributed by atoms with E-state index in [1.54, 1.807) is 0 Å². The van der Waals surface area contributed by atoms with Gasteiger partial charge in [0.2, 0.25) is 0 Å². The molecular weight excluding hydrogens is 196 g/mol. The first-order valence-corrected chi connectivity index (χ1v) is 7.08. The Labute approximate surface area is 102 Å². The molecule has 96 valence electrons. The van der Waals surface area contributed by atoms with Crippen LogP contribution in [0.5, 0.6) is 0 Å². The maximum Gasteiger partial charge on any atom is 0.0356 e. The summed E-state index contributed by atoms with van der Waals surface area (Å²) in [6.07, 6.45) is 9.42. The van der Waals surface area contributed by atoms with Crippen molar-refractivity contribution >= 4 is 0 Å². The largest absolute Gasteiger partial charge is 0.312 e. The lowest BCUT2D eigenvalue weighted by Crippen LogP contribution is -2.57. The van der Waals surface area contributed by atoms with Gasteiger partial charge in [-0.1, -0.05) is 33.1 Å². The normalized spacial score (nSPS) is 21.6. The molecule has 1 N–H and O–H groups in total. The highest BCUT2D eigenvalue weighted by Gasteiger charge is 2.42. The molecule has 0 aromatic heterocycles. The van der Waals surface area contributed by atoms with E-state index in [-0.39, 0.29) is 0 Å². The summed E-state index contributed by atoms with van der Waals surface area (Å²) in [5.74, 6) is 0. The van der Waals surface area contributed by atoms with Crippen LogP contribution >= 0.6 is 0 Å². The van der Waals surface area contributed by atoms with E-state index in [4.69, 9.17) is 0 Å². The Morgan fingerprint density at radius 1 is 1.12 bits per heavy atom. The van der Waals surface area contributed by atoms with Crippen molar-refractivity contribution in [3.63, 3.8) is 0 Å². The third-order valence-corrected chi connectivity index (χ3v) is 4.23. The lowest BCUT2D eigenvalue weighted by molar-refractivity contribution is 0.0994. The highest BCUT2D eigenvalue weighted by atomic mass is 15.2. The molecule has 0 amide bonds. The zero-order valence-electron chi connectivity index (χ0n) is 11.7. The number of hydrogen-bond donors (Lipinski definition) is 1. The predicted molar refractivity (Wildman–Crippen MR) is 71.9 cm³/mol. The molecule has 0 saturated heterocycles. The fourth-order valence-corrected chi connectivity index (χ4v) is 3.26. The summed E-state index contributed by atoms with van der Waals surface area (Å²) in [6, 6.07) is 0.690. The second-order valence-electron chi connectivity index (χ2n) is 5.50. The van der Waals surface area contributed by atoms with E-state index in [1.165, 1.54) is 51.5 Å². The predicted octanol–water partition coefficient (Wildman–Crippen LogP) is 3.03. The fraction of sp³-hybridized carbons (Fsp3) is 1.00. The molecule has 1 atom stereocenters. The molecule has 2 heteroatoms. The molecule has 1 fully saturated rings. The third-order valence-electron chi connectivity index (χ3n) is 4.23. The number of likely N-dealkylation sites (N-methyl/N-ethyl adjacent to an activating group) is 1. The first kappa shape index (κ1) is 14.0. The zero-order chi connectivity index (χ0) is 12.0. The van der Waals surface area contributed by atoms with Gasteiger partial charge < -0.3 is 10.2 Å². The SMILES string of the molecule is CCCNC(CCC)C1(N(C)C)CCCC1. The molecule has 1 aliphatic carbocycles. The molecular formula is C14H30N2. The highest BCUT2D eigenvalue weighted by molar-refractivity contribution is 5.01. The van der Waals surface area contributed by atoms with E-state index in [9.17, 15) is 0 Å². The van der Waals surface area contributed by atoms with E-state index in [1.807, 2.05) is 0 Å². The van der Waals surface area contributed by atoms with Crippen molar-refractivity contribution in [3.8, 4) is 0 Å². The zero-order valence-corrected chi connectivity index (χ0v) is 11.7. The minimum atomic E-state index is 0.436. The smallest absolute Gasteiger partial charge is 0.0356 e. The topological polar surface area (TPSA) is 15.3 Å². The van der Waals surface area contributed by atoms with Crippen molar-refractivity contribution in [1.29, 1.82) is 0 Å². The van der Waals surface area contributed by atoms with Crippen molar-refractivity contribution in [2.75, 3.05) is 20.6 Å². The number of nitrogens with zero attached hydrogens (tertiary/aromatic N) is 1. The van der Waals surface area contributed by atoms with Crippen molar-refractivity contribution < 1.29 is 0 Å². The minimum absolute atomic E-state index is 0.436. The van der Waals surface area contributed by atoms with Gasteiger partial charge in [0.1, 0.15) is 0 Å². The molecule has 2 nitrogen and oxygen atoms in total. The molecule has 0 bridgehead atoms. The molecule has 16 heavy (non-hydrogen) atoms. The highest BCUT2D eigenvalue weighted by Crippen LogP contribution is 2.38. The van der Waals surface area contributed by atoms with Gasteiger partial charge in [-0.15, -0.1) is 0 Å². The van der Waals surface area contributed by atoms with Crippen LogP contribution in [0.3, 0.4) is 0 Å². The quantitative estimate of drug-likeness (QED) is 0.718. The van der Waals surface area contributed by atoms with Crippen LogP contribution in [0.4, 0.5) is 0 Å². The van der Waals surface area contributed by atoms with Gasteiger partial charge in [-0.3, -0.25) is 0 Å². The summed E-state index contributed by atoms with van der Waals surface area (Å²) < 4.78 is 0. The second-order valence-corrected chi connectivity index (χ2v) is 5.50. The van der Waals surface area contributed by atoms with E-state index in [0.717, 1.165) is 0 Å². The molecule has 1 rings (SSSR count). The van der Waals surface area contributed by atoms with Crippen LogP contribution in [0.2, 0.25) is 0 Å². The number of rotatable bonds is 7. The summed E-state index contributed by atoms with van der Waals surface area (Å²) in [6.45, 7) is 5.73. The van der Waals surface area contributed by atoms with Gasteiger partial charge in [-0.25, -0.2) is 0 Å². The monoisotopic (exact) mass is 226 g/mol. The van der Waals surface area contributed by atoms with Crippen molar-refractivity contribution in [1.82, 2.24) is 10.2 Å². The molecule has 0 aliphatic heterocycles. The molecule has 0 spiro atoms. The second kappa shape index (κ2) is 6.61. The Bertz CT molecular complexity index is 183. The number of nitrogens with one attached hydrogen (secondary N) is 1. The van der Waals surface area contributed by atoms with Crippen LogP contribution < -0.4 is 5.32 Å². The van der Waals surface area contributed by atoms with Crippen LogP contribution in [-0.4, -0.2) is 37.1 Å². The maximum atomic E-state index is 3.79. The lowest BCUT2D eigenvalue weighted by atomic mass is 9.84. The van der Waals surface area contributed by atoms with E-state index >= 15 is 0 Å². The summed E-state index contributed by atoms with van der Waals surface area (Å²) in [4.78, 5) is 2.49. The Balaban J connectivity index is 2.70. The van der Waals surface area contributed by atoms with Crippen LogP contribution in [-0.2, 0) is 0 Å². The molecule has 1 unspecified atom stereocenters. The van der Waals surface area contributed by atoms with Crippen LogP contribution in [0.25, 0.3) is 0 Å². The third kappa shape index (κ3) is 2.98. The van der Waals surface area contributed by atoms with E-state index in [2.05, 4.69) is 38.2 Å². The molecule has 0 aromatic rings. The van der Waals surface area contributed by atoms with Gasteiger partial charge in [-0.2, -0.15) is 0 Å². The standard InChI is InChI=1S/C14H30N2/c1-5-9-13(15-12-6-2)14(16(3)4)10-7-8-11-14/h13,15H,5-12H2,1-4H3. The van der Waals surface area contributed by atoms with Crippen molar-refractivity contribution in [3.05, 3.63) is 0 Å². The summed E-state index contributed by atoms with van der Waals surface area (Å²) in [5.41, 5.74) is 0.436. The average molecular weight is 226 g/mol. The molecule has 1 saturated carbocycles. The summed E-state index contributed by atoms with van der Waals surface area (Å²) >= 11 is 0. The first-order valence-electron chi connectivity index (χ1n) is 7.08. The Morgan fingerprint density at radius 3 is 2.19 bits per heavy atom. The van der Waals surface area contributed by atoms with Gasteiger partial charge >= 0.3 is 0 Å². The van der Waals surface area contributed by atoms with Crippen LogP contribution in [0.1, 0.15) is 58.8 Å². The Morgan fingerprint density at radius 2 is 1.75 bits per heavy atom. The van der Waals surface area contributed by atoms with E-state index < -0.39 is 0 Å². The Hall–Kier alpha value is -0.0800. The van der Waals surface area contributed by atoms with Gasteiger partial charge in [0.25, 0.3) is 0 Å². The van der Waals surface area contributed by atoms with E-state index in [0.29, 0.717) is 11.6 Å². The average Bonchev–Trinajstić information content (AvgIpc) is 2.74. The molecule has 0 radical (unpaired) electrons. The molecule has 0 heterocycles. The molecule has 0 aromatic carbocycles. The maximum absolute atomic E-state index is 3.79. The van der Waals surface area contributed by atoms with Gasteiger partial charge in [0.15, 0.2) is 0 Å². The van der Waals surface area contributed by atoms with Crippen LogP contribution in [0.15, 0.2) is 0 Å². The minimum Gasteiger partial charge on any atom is -0.312 e. The van der Waals surface area contributed by atoms with Gasteiger partial charge in [0.05, 0.1) is 0 Å². The fourth-order valence-electron chi connectivity index (χ4n) is 3.26. The number of hydrogen-bond acceptors (Lipinski definition) is 2. The lowest BCUT2D eigenvalue weighted by Gasteiger charge is -2.44. The van der Waals surface area contributed by atoms with Gasteiger partial charge in [-0.05, 0) is 46.3 Å². The van der Waals surface area contributed by atoms with Crippen LogP contribution in [0, 0.1) is 0 Å². The Kier molecular flexibility index (Phi) is 5.77. The van der Waals surface area contributed by atoms with Crippen molar-refractivity contribution in [2.24, 2.45) is 0 Å².